The largest absolute Gasteiger partial charge is 0.479 e. The lowest BCUT2D eigenvalue weighted by Crippen LogP contribution is -2.34. The second-order valence-electron chi connectivity index (χ2n) is 5.16. The fraction of sp³-hybridized carbons (Fsp3) is 0.250. The van der Waals surface area contributed by atoms with Gasteiger partial charge in [-0.3, -0.25) is 4.79 Å². The van der Waals surface area contributed by atoms with Crippen LogP contribution in [0.4, 0.5) is 0 Å². The van der Waals surface area contributed by atoms with Gasteiger partial charge in [0, 0.05) is 5.92 Å². The average molecular weight is 269 g/mol. The summed E-state index contributed by atoms with van der Waals surface area (Å²) < 4.78 is 0. The number of benzene rings is 2. The van der Waals surface area contributed by atoms with Crippen molar-refractivity contribution >= 4 is 22.6 Å². The van der Waals surface area contributed by atoms with Crippen LogP contribution in [0.3, 0.4) is 0 Å². The van der Waals surface area contributed by atoms with E-state index in [4.69, 9.17) is 0 Å². The molecule has 0 aromatic heterocycles. The minimum Gasteiger partial charge on any atom is -0.479 e. The van der Waals surface area contributed by atoms with E-state index in [2.05, 4.69) is 5.32 Å². The van der Waals surface area contributed by atoms with Gasteiger partial charge < -0.3 is 10.4 Å². The zero-order valence-corrected chi connectivity index (χ0v) is 10.9. The van der Waals surface area contributed by atoms with Crippen molar-refractivity contribution in [3.63, 3.8) is 0 Å². The van der Waals surface area contributed by atoms with E-state index in [-0.39, 0.29) is 11.8 Å². The molecule has 1 saturated carbocycles. The molecule has 1 aliphatic carbocycles. The quantitative estimate of drug-likeness (QED) is 0.896. The smallest absolute Gasteiger partial charge is 0.330 e. The Bertz CT molecular complexity index is 676. The van der Waals surface area contributed by atoms with Crippen molar-refractivity contribution in [2.45, 2.75) is 18.9 Å². The third-order valence-corrected chi connectivity index (χ3v) is 3.59. The SMILES string of the molecule is O=C(NC(C(=O)O)c1ccc2ccccc2c1)C1CC1. The number of carboxylic acid groups (broad SMARTS) is 1. The number of hydrogen-bond acceptors (Lipinski definition) is 2. The standard InChI is InChI=1S/C16H15NO3/c18-15(11-6-7-11)17-14(16(19)20)13-8-5-10-3-1-2-4-12(10)9-13/h1-5,8-9,11,14H,6-7H2,(H,17,18)(H,19,20). The van der Waals surface area contributed by atoms with Crippen LogP contribution in [0.25, 0.3) is 10.8 Å². The van der Waals surface area contributed by atoms with Crippen molar-refractivity contribution in [1.82, 2.24) is 5.32 Å². The molecule has 0 heterocycles. The summed E-state index contributed by atoms with van der Waals surface area (Å²) >= 11 is 0. The van der Waals surface area contributed by atoms with E-state index < -0.39 is 12.0 Å². The highest BCUT2D eigenvalue weighted by molar-refractivity contribution is 5.89. The topological polar surface area (TPSA) is 66.4 Å². The highest BCUT2D eigenvalue weighted by atomic mass is 16.4. The number of nitrogens with one attached hydrogen (secondary N) is 1. The number of hydrogen-bond donors (Lipinski definition) is 2. The Morgan fingerprint density at radius 2 is 1.80 bits per heavy atom. The van der Waals surface area contributed by atoms with Gasteiger partial charge in [0.15, 0.2) is 6.04 Å². The van der Waals surface area contributed by atoms with Gasteiger partial charge in [0.25, 0.3) is 0 Å². The number of carbonyl (C=O) groups is 2. The zero-order chi connectivity index (χ0) is 14.1. The molecule has 0 radical (unpaired) electrons. The molecule has 0 aliphatic heterocycles. The van der Waals surface area contributed by atoms with E-state index in [1.54, 1.807) is 6.07 Å². The van der Waals surface area contributed by atoms with Gasteiger partial charge >= 0.3 is 5.97 Å². The first-order valence-electron chi connectivity index (χ1n) is 6.67. The summed E-state index contributed by atoms with van der Waals surface area (Å²) in [5, 5.41) is 14.0. The number of carbonyl (C=O) groups excluding carboxylic acids is 1. The van der Waals surface area contributed by atoms with Crippen LogP contribution in [-0.2, 0) is 9.59 Å². The Hall–Kier alpha value is -2.36. The van der Waals surface area contributed by atoms with Crippen LogP contribution in [0, 0.1) is 5.92 Å². The minimum atomic E-state index is -1.03. The average Bonchev–Trinajstić information content (AvgIpc) is 3.28. The van der Waals surface area contributed by atoms with Crippen molar-refractivity contribution < 1.29 is 14.7 Å². The summed E-state index contributed by atoms with van der Waals surface area (Å²) in [6.45, 7) is 0. The lowest BCUT2D eigenvalue weighted by atomic mass is 10.0. The minimum absolute atomic E-state index is 0.00249. The summed E-state index contributed by atoms with van der Waals surface area (Å²) in [4.78, 5) is 23.2. The number of carboxylic acids is 1. The van der Waals surface area contributed by atoms with E-state index in [9.17, 15) is 14.7 Å². The van der Waals surface area contributed by atoms with Crippen molar-refractivity contribution in [2.24, 2.45) is 5.92 Å². The first kappa shape index (κ1) is 12.7. The highest BCUT2D eigenvalue weighted by Crippen LogP contribution is 2.30. The number of aliphatic carboxylic acids is 1. The molecule has 1 unspecified atom stereocenters. The molecule has 1 aliphatic rings. The molecular weight excluding hydrogens is 254 g/mol. The lowest BCUT2D eigenvalue weighted by Gasteiger charge is -2.15. The molecule has 3 rings (SSSR count). The summed E-state index contributed by atoms with van der Waals surface area (Å²) in [6, 6.07) is 12.2. The van der Waals surface area contributed by atoms with E-state index in [0.29, 0.717) is 5.56 Å². The Labute approximate surface area is 116 Å². The van der Waals surface area contributed by atoms with Gasteiger partial charge in [-0.25, -0.2) is 4.79 Å². The third-order valence-electron chi connectivity index (χ3n) is 3.59. The molecule has 0 saturated heterocycles. The van der Waals surface area contributed by atoms with Gasteiger partial charge in [-0.2, -0.15) is 0 Å². The summed E-state index contributed by atoms with van der Waals surface area (Å²) in [5.41, 5.74) is 0.602. The van der Waals surface area contributed by atoms with Gasteiger partial charge in [-0.1, -0.05) is 36.4 Å². The van der Waals surface area contributed by atoms with E-state index in [0.717, 1.165) is 23.6 Å². The first-order chi connectivity index (χ1) is 9.65. The van der Waals surface area contributed by atoms with E-state index in [1.165, 1.54) is 0 Å². The molecular formula is C16H15NO3. The Morgan fingerprint density at radius 3 is 2.45 bits per heavy atom. The predicted octanol–water partition coefficient (Wildman–Crippen LogP) is 2.49. The number of rotatable bonds is 4. The second-order valence-corrected chi connectivity index (χ2v) is 5.16. The number of fused-ring (bicyclic) bond motifs is 1. The Balaban J connectivity index is 1.91. The van der Waals surface area contributed by atoms with Crippen LogP contribution >= 0.6 is 0 Å². The molecule has 4 nitrogen and oxygen atoms in total. The molecule has 2 aromatic rings. The summed E-state index contributed by atoms with van der Waals surface area (Å²) in [5.74, 6) is -1.20. The van der Waals surface area contributed by atoms with Gasteiger partial charge in [-0.15, -0.1) is 0 Å². The van der Waals surface area contributed by atoms with Crippen LogP contribution in [0.5, 0.6) is 0 Å². The highest BCUT2D eigenvalue weighted by Gasteiger charge is 2.33. The molecule has 1 amide bonds. The molecule has 2 N–H and O–H groups in total. The monoisotopic (exact) mass is 269 g/mol. The maximum Gasteiger partial charge on any atom is 0.330 e. The maximum atomic E-state index is 11.8. The fourth-order valence-corrected chi connectivity index (χ4v) is 2.28. The molecule has 0 spiro atoms. The zero-order valence-electron chi connectivity index (χ0n) is 10.9. The van der Waals surface area contributed by atoms with Gasteiger partial charge in [0.2, 0.25) is 5.91 Å². The van der Waals surface area contributed by atoms with Gasteiger partial charge in [0.1, 0.15) is 0 Å². The van der Waals surface area contributed by atoms with Crippen molar-refractivity contribution in [1.29, 1.82) is 0 Å². The van der Waals surface area contributed by atoms with Crippen molar-refractivity contribution in [3.05, 3.63) is 48.0 Å². The van der Waals surface area contributed by atoms with E-state index in [1.807, 2.05) is 36.4 Å². The molecule has 1 atom stereocenters. The van der Waals surface area contributed by atoms with Crippen LogP contribution in [-0.4, -0.2) is 17.0 Å². The molecule has 0 bridgehead atoms. The molecule has 1 fully saturated rings. The maximum absolute atomic E-state index is 11.8. The molecule has 102 valence electrons. The fourth-order valence-electron chi connectivity index (χ4n) is 2.28. The van der Waals surface area contributed by atoms with Crippen LogP contribution in [0.15, 0.2) is 42.5 Å². The summed E-state index contributed by atoms with van der Waals surface area (Å²) in [6.07, 6.45) is 1.71. The molecule has 20 heavy (non-hydrogen) atoms. The summed E-state index contributed by atoms with van der Waals surface area (Å²) in [7, 11) is 0. The van der Waals surface area contributed by atoms with Crippen molar-refractivity contribution in [3.8, 4) is 0 Å². The van der Waals surface area contributed by atoms with Crippen LogP contribution in [0.1, 0.15) is 24.4 Å². The van der Waals surface area contributed by atoms with Gasteiger partial charge in [0.05, 0.1) is 0 Å². The Kier molecular flexibility index (Phi) is 3.14. The first-order valence-corrected chi connectivity index (χ1v) is 6.67. The van der Waals surface area contributed by atoms with Crippen LogP contribution in [0.2, 0.25) is 0 Å². The van der Waals surface area contributed by atoms with E-state index >= 15 is 0 Å². The lowest BCUT2D eigenvalue weighted by molar-refractivity contribution is -0.142. The molecule has 4 heteroatoms. The molecule has 2 aromatic carbocycles. The van der Waals surface area contributed by atoms with Gasteiger partial charge in [-0.05, 0) is 35.2 Å². The Morgan fingerprint density at radius 1 is 1.10 bits per heavy atom. The number of amides is 1. The van der Waals surface area contributed by atoms with Crippen LogP contribution < -0.4 is 5.32 Å². The normalized spacial score (nSPS) is 15.8. The van der Waals surface area contributed by atoms with Crippen molar-refractivity contribution in [2.75, 3.05) is 0 Å². The second kappa shape index (κ2) is 4.96. The predicted molar refractivity (Wildman–Crippen MR) is 75.2 cm³/mol. The third kappa shape index (κ3) is 2.50.